The molecule has 1 unspecified atom stereocenters. The number of hydrogen-bond donors (Lipinski definition) is 2. The standard InChI is InChI=1S/C25H27N3OS.C2H6/c1-16(2)24-22(15-23(19-8-9-19)27-25(24)26-4)18-10-12-20(13-11-18)28-30(29)21-7-5-6-17(3)14-21;1-2/h5-7,10-15,19,28H,1,8-9H2,2-4H3,(H,26,27);1-2H3. The predicted octanol–water partition coefficient (Wildman–Crippen LogP) is 7.17. The van der Waals surface area contributed by atoms with Crippen LogP contribution in [0.15, 0.2) is 66.1 Å². The molecule has 1 aliphatic rings. The van der Waals surface area contributed by atoms with Crippen LogP contribution in [-0.2, 0) is 11.0 Å². The lowest BCUT2D eigenvalue weighted by Gasteiger charge is -2.17. The SMILES string of the molecule is C=C(C)c1c(-c2ccc(NS(=O)c3cccc(C)c3)cc2)cc(C2CC2)nc1NC.CC. The molecule has 1 fully saturated rings. The second-order valence-corrected chi connectivity index (χ2v) is 9.10. The summed E-state index contributed by atoms with van der Waals surface area (Å²) in [4.78, 5) is 5.60. The van der Waals surface area contributed by atoms with E-state index in [4.69, 9.17) is 4.98 Å². The summed E-state index contributed by atoms with van der Waals surface area (Å²) in [6.07, 6.45) is 2.41. The molecule has 0 aliphatic heterocycles. The van der Waals surface area contributed by atoms with Gasteiger partial charge in [-0.1, -0.05) is 44.7 Å². The zero-order valence-electron chi connectivity index (χ0n) is 19.7. The van der Waals surface area contributed by atoms with E-state index in [0.717, 1.165) is 49.9 Å². The van der Waals surface area contributed by atoms with Crippen molar-refractivity contribution in [2.45, 2.75) is 51.3 Å². The zero-order chi connectivity index (χ0) is 23.3. The summed E-state index contributed by atoms with van der Waals surface area (Å²) in [5.74, 6) is 1.44. The van der Waals surface area contributed by atoms with Crippen LogP contribution < -0.4 is 10.0 Å². The summed E-state index contributed by atoms with van der Waals surface area (Å²) in [6.45, 7) is 12.2. The van der Waals surface area contributed by atoms with Crippen LogP contribution in [0.25, 0.3) is 16.7 Å². The third-order valence-corrected chi connectivity index (χ3v) is 6.41. The van der Waals surface area contributed by atoms with E-state index in [1.54, 1.807) is 0 Å². The van der Waals surface area contributed by atoms with Gasteiger partial charge < -0.3 is 10.0 Å². The predicted molar refractivity (Wildman–Crippen MR) is 138 cm³/mol. The van der Waals surface area contributed by atoms with Crippen molar-refractivity contribution < 1.29 is 4.21 Å². The minimum atomic E-state index is -1.30. The Morgan fingerprint density at radius 1 is 1.09 bits per heavy atom. The van der Waals surface area contributed by atoms with Gasteiger partial charge in [-0.05, 0) is 79.3 Å². The first-order valence-corrected chi connectivity index (χ1v) is 12.4. The quantitative estimate of drug-likeness (QED) is 0.404. The molecule has 1 atom stereocenters. The smallest absolute Gasteiger partial charge is 0.150 e. The van der Waals surface area contributed by atoms with Gasteiger partial charge in [0.05, 0.1) is 4.90 Å². The fourth-order valence-electron chi connectivity index (χ4n) is 3.61. The summed E-state index contributed by atoms with van der Waals surface area (Å²) in [7, 11) is 0.607. The number of anilines is 2. The molecule has 4 rings (SSSR count). The Bertz CT molecular complexity index is 1120. The average molecular weight is 448 g/mol. The summed E-state index contributed by atoms with van der Waals surface area (Å²) in [5.41, 5.74) is 7.31. The molecule has 5 heteroatoms. The highest BCUT2D eigenvalue weighted by Gasteiger charge is 2.27. The van der Waals surface area contributed by atoms with Gasteiger partial charge in [0.1, 0.15) is 16.8 Å². The monoisotopic (exact) mass is 447 g/mol. The van der Waals surface area contributed by atoms with Crippen molar-refractivity contribution in [1.29, 1.82) is 0 Å². The zero-order valence-corrected chi connectivity index (χ0v) is 20.5. The van der Waals surface area contributed by atoms with E-state index in [1.807, 2.05) is 71.1 Å². The van der Waals surface area contributed by atoms with Crippen molar-refractivity contribution in [3.05, 3.63) is 78.0 Å². The van der Waals surface area contributed by atoms with Crippen molar-refractivity contribution in [1.82, 2.24) is 4.98 Å². The first kappa shape index (κ1) is 23.7. The molecule has 2 N–H and O–H groups in total. The van der Waals surface area contributed by atoms with Crippen LogP contribution >= 0.6 is 0 Å². The Kier molecular flexibility index (Phi) is 7.86. The fraction of sp³-hybridized carbons (Fsp3) is 0.296. The van der Waals surface area contributed by atoms with E-state index in [9.17, 15) is 4.21 Å². The molecular formula is C27H33N3OS. The van der Waals surface area contributed by atoms with Crippen molar-refractivity contribution in [2.24, 2.45) is 0 Å². The highest BCUT2D eigenvalue weighted by atomic mass is 32.2. The van der Waals surface area contributed by atoms with Gasteiger partial charge in [-0.25, -0.2) is 9.19 Å². The van der Waals surface area contributed by atoms with Crippen LogP contribution in [-0.4, -0.2) is 16.2 Å². The lowest BCUT2D eigenvalue weighted by atomic mass is 9.95. The van der Waals surface area contributed by atoms with Gasteiger partial charge in [0, 0.05) is 29.9 Å². The number of rotatable bonds is 7. The highest BCUT2D eigenvalue weighted by molar-refractivity contribution is 7.86. The molecule has 0 spiro atoms. The number of pyridine rings is 1. The fourth-order valence-corrected chi connectivity index (χ4v) is 4.57. The molecule has 2 aromatic carbocycles. The minimum absolute atomic E-state index is 0.563. The Hall–Kier alpha value is -2.92. The molecule has 3 aromatic rings. The number of hydrogen-bond acceptors (Lipinski definition) is 3. The van der Waals surface area contributed by atoms with Gasteiger partial charge in [0.15, 0.2) is 0 Å². The first-order chi connectivity index (χ1) is 15.5. The number of allylic oxidation sites excluding steroid dienone is 1. The lowest BCUT2D eigenvalue weighted by molar-refractivity contribution is 0.686. The molecule has 4 nitrogen and oxygen atoms in total. The topological polar surface area (TPSA) is 54.0 Å². The Morgan fingerprint density at radius 3 is 2.34 bits per heavy atom. The number of nitrogens with zero attached hydrogens (tertiary/aromatic N) is 1. The normalized spacial score (nSPS) is 13.5. The Labute approximate surface area is 194 Å². The molecule has 1 aromatic heterocycles. The Morgan fingerprint density at radius 2 is 1.78 bits per heavy atom. The van der Waals surface area contributed by atoms with Crippen molar-refractivity contribution >= 4 is 28.1 Å². The summed E-state index contributed by atoms with van der Waals surface area (Å²) < 4.78 is 15.7. The van der Waals surface area contributed by atoms with Crippen molar-refractivity contribution in [3.8, 4) is 11.1 Å². The van der Waals surface area contributed by atoms with Crippen LogP contribution in [0.5, 0.6) is 0 Å². The van der Waals surface area contributed by atoms with Crippen LogP contribution in [0.3, 0.4) is 0 Å². The van der Waals surface area contributed by atoms with Gasteiger partial charge >= 0.3 is 0 Å². The van der Waals surface area contributed by atoms with E-state index < -0.39 is 11.0 Å². The van der Waals surface area contributed by atoms with Crippen LogP contribution in [0.1, 0.15) is 56.4 Å². The molecule has 32 heavy (non-hydrogen) atoms. The van der Waals surface area contributed by atoms with E-state index >= 15 is 0 Å². The van der Waals surface area contributed by atoms with Gasteiger partial charge in [0.25, 0.3) is 0 Å². The number of aromatic nitrogens is 1. The largest absolute Gasteiger partial charge is 0.373 e. The van der Waals surface area contributed by atoms with Crippen LogP contribution in [0.4, 0.5) is 11.5 Å². The molecule has 0 amide bonds. The van der Waals surface area contributed by atoms with Gasteiger partial charge in [0.2, 0.25) is 0 Å². The number of benzene rings is 2. The average Bonchev–Trinajstić information content (AvgIpc) is 3.65. The van der Waals surface area contributed by atoms with E-state index in [1.165, 1.54) is 12.8 Å². The third kappa shape index (κ3) is 5.46. The molecular weight excluding hydrogens is 414 g/mol. The van der Waals surface area contributed by atoms with E-state index in [2.05, 4.69) is 34.8 Å². The highest BCUT2D eigenvalue weighted by Crippen LogP contribution is 2.43. The second-order valence-electron chi connectivity index (χ2n) is 7.89. The first-order valence-electron chi connectivity index (χ1n) is 11.2. The molecule has 168 valence electrons. The molecule has 0 bridgehead atoms. The third-order valence-electron chi connectivity index (χ3n) is 5.31. The van der Waals surface area contributed by atoms with Gasteiger partial charge in [-0.3, -0.25) is 0 Å². The van der Waals surface area contributed by atoms with Gasteiger partial charge in [-0.15, -0.1) is 0 Å². The maximum atomic E-state index is 12.6. The van der Waals surface area contributed by atoms with Crippen molar-refractivity contribution in [2.75, 3.05) is 17.1 Å². The van der Waals surface area contributed by atoms with Crippen molar-refractivity contribution in [3.63, 3.8) is 0 Å². The second kappa shape index (κ2) is 10.6. The summed E-state index contributed by atoms with van der Waals surface area (Å²) >= 11 is 0. The Balaban J connectivity index is 0.00000141. The molecule has 1 heterocycles. The van der Waals surface area contributed by atoms with Gasteiger partial charge in [-0.2, -0.15) is 0 Å². The summed E-state index contributed by atoms with van der Waals surface area (Å²) in [6, 6.07) is 18.0. The number of nitrogens with one attached hydrogen (secondary N) is 2. The van der Waals surface area contributed by atoms with E-state index in [-0.39, 0.29) is 0 Å². The maximum absolute atomic E-state index is 12.6. The molecule has 0 radical (unpaired) electrons. The number of aryl methyl sites for hydroxylation is 1. The molecule has 0 saturated heterocycles. The maximum Gasteiger partial charge on any atom is 0.150 e. The molecule has 1 saturated carbocycles. The van der Waals surface area contributed by atoms with E-state index in [0.29, 0.717) is 5.92 Å². The molecule has 1 aliphatic carbocycles. The van der Waals surface area contributed by atoms with Crippen LogP contribution in [0.2, 0.25) is 0 Å². The minimum Gasteiger partial charge on any atom is -0.373 e. The lowest BCUT2D eigenvalue weighted by Crippen LogP contribution is -2.05. The summed E-state index contributed by atoms with van der Waals surface area (Å²) in [5, 5.41) is 3.25. The van der Waals surface area contributed by atoms with Crippen LogP contribution in [0, 0.1) is 6.92 Å².